The van der Waals surface area contributed by atoms with Crippen molar-refractivity contribution >= 4 is 10.9 Å². The number of hydrogen-bond acceptors (Lipinski definition) is 3. The van der Waals surface area contributed by atoms with Gasteiger partial charge < -0.3 is 19.8 Å². The molecule has 0 radical (unpaired) electrons. The third-order valence-corrected chi connectivity index (χ3v) is 4.07. The second kappa shape index (κ2) is 6.75. The quantitative estimate of drug-likeness (QED) is 0.755. The van der Waals surface area contributed by atoms with Gasteiger partial charge in [0.15, 0.2) is 11.5 Å². The first kappa shape index (κ1) is 15.4. The summed E-state index contributed by atoms with van der Waals surface area (Å²) in [6, 6.07) is 16.1. The molecule has 0 saturated heterocycles. The molecule has 0 aliphatic carbocycles. The molecule has 3 rings (SSSR count). The first-order valence-corrected chi connectivity index (χ1v) is 7.84. The van der Waals surface area contributed by atoms with E-state index in [0.29, 0.717) is 13.2 Å². The Hall–Kier alpha value is -2.46. The summed E-state index contributed by atoms with van der Waals surface area (Å²) in [7, 11) is 1.65. The molecule has 0 bridgehead atoms. The van der Waals surface area contributed by atoms with Gasteiger partial charge in [0, 0.05) is 18.5 Å². The van der Waals surface area contributed by atoms with Crippen molar-refractivity contribution in [3.8, 4) is 11.5 Å². The fraction of sp³-hybridized carbons (Fsp3) is 0.263. The Labute approximate surface area is 136 Å². The summed E-state index contributed by atoms with van der Waals surface area (Å²) in [6.07, 6.45) is 0. The summed E-state index contributed by atoms with van der Waals surface area (Å²) in [5.74, 6) is 1.50. The van der Waals surface area contributed by atoms with Crippen molar-refractivity contribution in [2.24, 2.45) is 5.73 Å². The third-order valence-electron chi connectivity index (χ3n) is 4.07. The van der Waals surface area contributed by atoms with Gasteiger partial charge in [-0.1, -0.05) is 30.3 Å². The minimum atomic E-state index is 0.493. The van der Waals surface area contributed by atoms with Crippen LogP contribution in [0, 0.1) is 0 Å². The predicted octanol–water partition coefficient (Wildman–Crippen LogP) is 3.71. The summed E-state index contributed by atoms with van der Waals surface area (Å²) in [6.45, 7) is 4.05. The molecule has 1 heterocycles. The fourth-order valence-corrected chi connectivity index (χ4v) is 2.99. The van der Waals surface area contributed by atoms with Crippen LogP contribution in [-0.2, 0) is 19.7 Å². The molecule has 4 heteroatoms. The topological polar surface area (TPSA) is 49.4 Å². The van der Waals surface area contributed by atoms with Crippen molar-refractivity contribution in [2.75, 3.05) is 7.11 Å². The summed E-state index contributed by atoms with van der Waals surface area (Å²) < 4.78 is 13.6. The van der Waals surface area contributed by atoms with Crippen LogP contribution in [0.25, 0.3) is 10.9 Å². The molecule has 0 saturated carbocycles. The summed E-state index contributed by atoms with van der Waals surface area (Å²) in [5, 5.41) is 1.20. The monoisotopic (exact) mass is 310 g/mol. The Morgan fingerprint density at radius 3 is 2.52 bits per heavy atom. The molecule has 2 N–H and O–H groups in total. The first-order chi connectivity index (χ1) is 11.3. The Morgan fingerprint density at radius 1 is 1.04 bits per heavy atom. The maximum atomic E-state index is 5.98. The van der Waals surface area contributed by atoms with Crippen molar-refractivity contribution in [1.82, 2.24) is 4.57 Å². The number of aromatic nitrogens is 1. The van der Waals surface area contributed by atoms with Gasteiger partial charge in [0.25, 0.3) is 0 Å². The van der Waals surface area contributed by atoms with Crippen molar-refractivity contribution in [2.45, 2.75) is 26.6 Å². The van der Waals surface area contributed by atoms with Crippen LogP contribution < -0.4 is 15.2 Å². The van der Waals surface area contributed by atoms with E-state index in [1.54, 1.807) is 7.11 Å². The number of rotatable bonds is 6. The Kier molecular flexibility index (Phi) is 4.53. The van der Waals surface area contributed by atoms with Crippen LogP contribution in [0.5, 0.6) is 11.5 Å². The number of fused-ring (bicyclic) bond motifs is 1. The lowest BCUT2D eigenvalue weighted by atomic mass is 10.1. The highest BCUT2D eigenvalue weighted by molar-refractivity contribution is 5.84. The van der Waals surface area contributed by atoms with Gasteiger partial charge in [-0.25, -0.2) is 0 Å². The van der Waals surface area contributed by atoms with E-state index in [0.717, 1.165) is 29.3 Å². The SMILES string of the molecule is CCn1c(COc2ccccc2OC)cc2cccc(CN)c21. The van der Waals surface area contributed by atoms with E-state index in [2.05, 4.69) is 35.8 Å². The molecule has 0 aliphatic rings. The average Bonchev–Trinajstić information content (AvgIpc) is 2.97. The zero-order chi connectivity index (χ0) is 16.2. The minimum absolute atomic E-state index is 0.493. The first-order valence-electron chi connectivity index (χ1n) is 7.84. The van der Waals surface area contributed by atoms with E-state index in [1.807, 2.05) is 24.3 Å². The highest BCUT2D eigenvalue weighted by Gasteiger charge is 2.12. The molecule has 0 atom stereocenters. The standard InChI is InChI=1S/C19H22N2O2/c1-3-21-16(11-14-7-6-8-15(12-20)19(14)21)13-23-18-10-5-4-9-17(18)22-2/h4-11H,3,12-13,20H2,1-2H3. The van der Waals surface area contributed by atoms with Crippen LogP contribution in [0.3, 0.4) is 0 Å². The van der Waals surface area contributed by atoms with Crippen LogP contribution in [0.1, 0.15) is 18.2 Å². The molecule has 0 aliphatic heterocycles. The number of benzene rings is 2. The van der Waals surface area contributed by atoms with Gasteiger partial charge in [-0.15, -0.1) is 0 Å². The van der Waals surface area contributed by atoms with Gasteiger partial charge in [0.1, 0.15) is 6.61 Å². The van der Waals surface area contributed by atoms with Crippen molar-refractivity contribution < 1.29 is 9.47 Å². The van der Waals surface area contributed by atoms with E-state index >= 15 is 0 Å². The lowest BCUT2D eigenvalue weighted by Crippen LogP contribution is -2.07. The largest absolute Gasteiger partial charge is 0.493 e. The molecular weight excluding hydrogens is 288 g/mol. The van der Waals surface area contributed by atoms with Crippen LogP contribution >= 0.6 is 0 Å². The van der Waals surface area contributed by atoms with Crippen LogP contribution in [0.2, 0.25) is 0 Å². The smallest absolute Gasteiger partial charge is 0.161 e. The molecule has 0 unspecified atom stereocenters. The van der Waals surface area contributed by atoms with Gasteiger partial charge in [0.2, 0.25) is 0 Å². The highest BCUT2D eigenvalue weighted by Crippen LogP contribution is 2.28. The highest BCUT2D eigenvalue weighted by atomic mass is 16.5. The molecule has 2 aromatic carbocycles. The molecule has 1 aromatic heterocycles. The lowest BCUT2D eigenvalue weighted by Gasteiger charge is -2.13. The number of aryl methyl sites for hydroxylation is 1. The summed E-state index contributed by atoms with van der Waals surface area (Å²) in [4.78, 5) is 0. The van der Waals surface area contributed by atoms with Gasteiger partial charge in [-0.2, -0.15) is 0 Å². The van der Waals surface area contributed by atoms with Gasteiger partial charge in [0.05, 0.1) is 18.3 Å². The van der Waals surface area contributed by atoms with E-state index in [1.165, 1.54) is 10.9 Å². The number of methoxy groups -OCH3 is 1. The second-order valence-electron chi connectivity index (χ2n) is 5.38. The average molecular weight is 310 g/mol. The maximum Gasteiger partial charge on any atom is 0.161 e. The summed E-state index contributed by atoms with van der Waals surface area (Å²) in [5.41, 5.74) is 9.39. The zero-order valence-electron chi connectivity index (χ0n) is 13.6. The van der Waals surface area contributed by atoms with Crippen molar-refractivity contribution in [1.29, 1.82) is 0 Å². The molecule has 3 aromatic rings. The number of nitrogens with zero attached hydrogens (tertiary/aromatic N) is 1. The lowest BCUT2D eigenvalue weighted by molar-refractivity contribution is 0.276. The zero-order valence-corrected chi connectivity index (χ0v) is 13.6. The van der Waals surface area contributed by atoms with Gasteiger partial charge in [-0.05, 0) is 30.7 Å². The van der Waals surface area contributed by atoms with Gasteiger partial charge >= 0.3 is 0 Å². The normalized spacial score (nSPS) is 10.9. The molecule has 120 valence electrons. The number of nitrogens with two attached hydrogens (primary N) is 1. The Balaban J connectivity index is 1.94. The number of hydrogen-bond donors (Lipinski definition) is 1. The molecule has 0 spiro atoms. The van der Waals surface area contributed by atoms with E-state index in [-0.39, 0.29) is 0 Å². The minimum Gasteiger partial charge on any atom is -0.493 e. The molecule has 0 fully saturated rings. The van der Waals surface area contributed by atoms with E-state index < -0.39 is 0 Å². The second-order valence-corrected chi connectivity index (χ2v) is 5.38. The summed E-state index contributed by atoms with van der Waals surface area (Å²) >= 11 is 0. The maximum absolute atomic E-state index is 5.98. The van der Waals surface area contributed by atoms with E-state index in [9.17, 15) is 0 Å². The van der Waals surface area contributed by atoms with Gasteiger partial charge in [-0.3, -0.25) is 0 Å². The van der Waals surface area contributed by atoms with E-state index in [4.69, 9.17) is 15.2 Å². The van der Waals surface area contributed by atoms with Crippen LogP contribution in [0.15, 0.2) is 48.5 Å². The third kappa shape index (κ3) is 2.90. The van der Waals surface area contributed by atoms with Crippen LogP contribution in [0.4, 0.5) is 0 Å². The molecule has 0 amide bonds. The fourth-order valence-electron chi connectivity index (χ4n) is 2.99. The Morgan fingerprint density at radius 2 is 1.83 bits per heavy atom. The van der Waals surface area contributed by atoms with Crippen molar-refractivity contribution in [3.63, 3.8) is 0 Å². The van der Waals surface area contributed by atoms with Crippen molar-refractivity contribution in [3.05, 3.63) is 59.8 Å². The molecular formula is C19H22N2O2. The molecule has 23 heavy (non-hydrogen) atoms. The van der Waals surface area contributed by atoms with Crippen LogP contribution in [-0.4, -0.2) is 11.7 Å². The number of para-hydroxylation sites is 3. The number of ether oxygens (including phenoxy) is 2. The Bertz CT molecular complexity index is 808. The predicted molar refractivity (Wildman–Crippen MR) is 92.8 cm³/mol. The molecule has 4 nitrogen and oxygen atoms in total.